The Morgan fingerprint density at radius 2 is 2.06 bits per heavy atom. The van der Waals surface area contributed by atoms with Crippen LogP contribution in [-0.2, 0) is 11.3 Å². The topological polar surface area (TPSA) is 54.6 Å². The van der Waals surface area contributed by atoms with Gasteiger partial charge in [-0.25, -0.2) is 4.98 Å². The fourth-order valence-electron chi connectivity index (χ4n) is 1.87. The molecule has 1 aromatic heterocycles. The molecule has 1 heterocycles. The number of nitrogens with two attached hydrogens (primary N) is 1. The van der Waals surface area contributed by atoms with Crippen molar-refractivity contribution in [3.05, 3.63) is 17.8 Å². The van der Waals surface area contributed by atoms with Crippen LogP contribution >= 0.6 is 0 Å². The van der Waals surface area contributed by atoms with Crippen LogP contribution in [0.4, 0.5) is 11.5 Å². The molecule has 0 bridgehead atoms. The van der Waals surface area contributed by atoms with Gasteiger partial charge in [-0.2, -0.15) is 0 Å². The number of aromatic nitrogens is 1. The fourth-order valence-corrected chi connectivity index (χ4v) is 1.87. The van der Waals surface area contributed by atoms with Crippen LogP contribution in [0.2, 0.25) is 0 Å². The highest BCUT2D eigenvalue weighted by atomic mass is 16.5. The summed E-state index contributed by atoms with van der Waals surface area (Å²) in [5.41, 5.74) is 7.92. The van der Waals surface area contributed by atoms with E-state index in [9.17, 15) is 0 Å². The summed E-state index contributed by atoms with van der Waals surface area (Å²) in [5, 5.41) is 0. The number of rotatable bonds is 7. The first-order chi connectivity index (χ1) is 8.58. The Morgan fingerprint density at radius 3 is 2.61 bits per heavy atom. The molecule has 0 saturated carbocycles. The number of methoxy groups -OCH3 is 1. The predicted molar refractivity (Wildman–Crippen MR) is 75.8 cm³/mol. The minimum Gasteiger partial charge on any atom is -0.384 e. The lowest BCUT2D eigenvalue weighted by atomic mass is 10.2. The third kappa shape index (κ3) is 4.16. The number of hydrogen-bond donors (Lipinski definition) is 1. The van der Waals surface area contributed by atoms with E-state index in [4.69, 9.17) is 10.5 Å². The summed E-state index contributed by atoms with van der Waals surface area (Å²) in [7, 11) is 5.77. The second-order valence-electron chi connectivity index (χ2n) is 4.51. The van der Waals surface area contributed by atoms with Gasteiger partial charge in [0.25, 0.3) is 0 Å². The molecule has 0 unspecified atom stereocenters. The van der Waals surface area contributed by atoms with E-state index in [0.717, 1.165) is 31.0 Å². The molecule has 18 heavy (non-hydrogen) atoms. The molecular weight excluding hydrogens is 228 g/mol. The van der Waals surface area contributed by atoms with Gasteiger partial charge in [0, 0.05) is 26.7 Å². The van der Waals surface area contributed by atoms with Gasteiger partial charge in [-0.15, -0.1) is 0 Å². The quantitative estimate of drug-likeness (QED) is 0.790. The van der Waals surface area contributed by atoms with Gasteiger partial charge in [0.05, 0.1) is 18.0 Å². The number of anilines is 2. The van der Waals surface area contributed by atoms with Gasteiger partial charge in [0.15, 0.2) is 0 Å². The molecule has 0 atom stereocenters. The predicted octanol–water partition coefficient (Wildman–Crippen LogP) is 1.20. The molecule has 0 aliphatic heterocycles. The number of pyridine rings is 1. The highest BCUT2D eigenvalue weighted by molar-refractivity contribution is 5.54. The molecule has 5 heteroatoms. The summed E-state index contributed by atoms with van der Waals surface area (Å²) in [6, 6.07) is 3.89. The maximum Gasteiger partial charge on any atom is 0.123 e. The first-order valence-corrected chi connectivity index (χ1v) is 6.22. The summed E-state index contributed by atoms with van der Waals surface area (Å²) in [4.78, 5) is 8.80. The van der Waals surface area contributed by atoms with Gasteiger partial charge in [0.1, 0.15) is 5.82 Å². The molecule has 1 aromatic rings. The van der Waals surface area contributed by atoms with Crippen molar-refractivity contribution in [1.82, 2.24) is 9.88 Å². The Bertz CT molecular complexity index is 368. The summed E-state index contributed by atoms with van der Waals surface area (Å²) < 4.78 is 5.14. The van der Waals surface area contributed by atoms with Gasteiger partial charge in [-0.3, -0.25) is 0 Å². The van der Waals surface area contributed by atoms with Crippen LogP contribution in [-0.4, -0.2) is 50.8 Å². The Balaban J connectivity index is 2.96. The van der Waals surface area contributed by atoms with Crippen molar-refractivity contribution in [2.45, 2.75) is 13.5 Å². The van der Waals surface area contributed by atoms with Crippen molar-refractivity contribution < 1.29 is 4.74 Å². The van der Waals surface area contributed by atoms with E-state index in [1.807, 2.05) is 26.2 Å². The van der Waals surface area contributed by atoms with E-state index in [-0.39, 0.29) is 0 Å². The van der Waals surface area contributed by atoms with Gasteiger partial charge in [-0.1, -0.05) is 0 Å². The zero-order chi connectivity index (χ0) is 13.5. The maximum absolute atomic E-state index is 5.77. The SMILES string of the molecule is CCN(CCOC)c1ccc(N)nc1CN(C)C. The smallest absolute Gasteiger partial charge is 0.123 e. The normalized spacial score (nSPS) is 10.9. The first kappa shape index (κ1) is 14.7. The average molecular weight is 252 g/mol. The zero-order valence-corrected chi connectivity index (χ0v) is 11.8. The van der Waals surface area contributed by atoms with Gasteiger partial charge >= 0.3 is 0 Å². The van der Waals surface area contributed by atoms with E-state index in [0.29, 0.717) is 12.4 Å². The molecule has 0 saturated heterocycles. The lowest BCUT2D eigenvalue weighted by Crippen LogP contribution is -2.29. The summed E-state index contributed by atoms with van der Waals surface area (Å²) in [5.74, 6) is 0.568. The van der Waals surface area contributed by atoms with Crippen LogP contribution in [0.3, 0.4) is 0 Å². The summed E-state index contributed by atoms with van der Waals surface area (Å²) >= 11 is 0. The third-order valence-electron chi connectivity index (χ3n) is 2.73. The van der Waals surface area contributed by atoms with Crippen molar-refractivity contribution in [2.75, 3.05) is 51.5 Å². The molecular formula is C13H24N4O. The van der Waals surface area contributed by atoms with Gasteiger partial charge in [-0.05, 0) is 33.2 Å². The molecule has 0 fully saturated rings. The third-order valence-corrected chi connectivity index (χ3v) is 2.73. The molecule has 0 aliphatic carbocycles. The Kier molecular flexibility index (Phi) is 5.88. The van der Waals surface area contributed by atoms with E-state index in [1.54, 1.807) is 7.11 Å². The monoisotopic (exact) mass is 252 g/mol. The Hall–Kier alpha value is -1.33. The summed E-state index contributed by atoms with van der Waals surface area (Å²) in [6.45, 7) is 5.41. The Morgan fingerprint density at radius 1 is 1.33 bits per heavy atom. The zero-order valence-electron chi connectivity index (χ0n) is 11.8. The van der Waals surface area contributed by atoms with Crippen LogP contribution in [0.5, 0.6) is 0 Å². The molecule has 0 aliphatic rings. The lowest BCUT2D eigenvalue weighted by molar-refractivity contribution is 0.205. The molecule has 2 N–H and O–H groups in total. The second-order valence-corrected chi connectivity index (χ2v) is 4.51. The standard InChI is InChI=1S/C13H24N4O/c1-5-17(8-9-18-4)12-6-7-13(14)15-11(12)10-16(2)3/h6-7H,5,8-10H2,1-4H3,(H2,14,15). The van der Waals surface area contributed by atoms with Crippen molar-refractivity contribution >= 4 is 11.5 Å². The van der Waals surface area contributed by atoms with Crippen LogP contribution in [0.25, 0.3) is 0 Å². The van der Waals surface area contributed by atoms with E-state index in [2.05, 4.69) is 21.7 Å². The number of hydrogen-bond acceptors (Lipinski definition) is 5. The highest BCUT2D eigenvalue weighted by Crippen LogP contribution is 2.21. The van der Waals surface area contributed by atoms with Crippen LogP contribution in [0, 0.1) is 0 Å². The molecule has 0 radical (unpaired) electrons. The van der Waals surface area contributed by atoms with Crippen LogP contribution < -0.4 is 10.6 Å². The molecule has 0 amide bonds. The van der Waals surface area contributed by atoms with E-state index >= 15 is 0 Å². The lowest BCUT2D eigenvalue weighted by Gasteiger charge is -2.26. The second kappa shape index (κ2) is 7.18. The van der Waals surface area contributed by atoms with Crippen molar-refractivity contribution in [1.29, 1.82) is 0 Å². The van der Waals surface area contributed by atoms with Crippen LogP contribution in [0.1, 0.15) is 12.6 Å². The van der Waals surface area contributed by atoms with Gasteiger partial charge in [0.2, 0.25) is 0 Å². The molecule has 102 valence electrons. The Labute approximate surface area is 110 Å². The highest BCUT2D eigenvalue weighted by Gasteiger charge is 2.12. The molecule has 1 rings (SSSR count). The number of nitrogens with zero attached hydrogens (tertiary/aromatic N) is 3. The van der Waals surface area contributed by atoms with Crippen molar-refractivity contribution in [3.8, 4) is 0 Å². The van der Waals surface area contributed by atoms with Crippen LogP contribution in [0.15, 0.2) is 12.1 Å². The van der Waals surface area contributed by atoms with Gasteiger partial charge < -0.3 is 20.3 Å². The molecule has 0 aromatic carbocycles. The van der Waals surface area contributed by atoms with E-state index < -0.39 is 0 Å². The maximum atomic E-state index is 5.77. The molecule has 0 spiro atoms. The average Bonchev–Trinajstić information content (AvgIpc) is 2.31. The number of likely N-dealkylation sites (N-methyl/N-ethyl adjacent to an activating group) is 1. The van der Waals surface area contributed by atoms with Crippen molar-refractivity contribution in [3.63, 3.8) is 0 Å². The fraction of sp³-hybridized carbons (Fsp3) is 0.615. The molecule has 5 nitrogen and oxygen atoms in total. The summed E-state index contributed by atoms with van der Waals surface area (Å²) in [6.07, 6.45) is 0. The largest absolute Gasteiger partial charge is 0.384 e. The number of ether oxygens (including phenoxy) is 1. The number of nitrogen functional groups attached to an aromatic ring is 1. The van der Waals surface area contributed by atoms with E-state index in [1.165, 1.54) is 0 Å². The minimum atomic E-state index is 0.568. The van der Waals surface area contributed by atoms with Crippen molar-refractivity contribution in [2.24, 2.45) is 0 Å². The minimum absolute atomic E-state index is 0.568. The first-order valence-electron chi connectivity index (χ1n) is 6.22.